The molecule has 0 fully saturated rings. The molecule has 4 aromatic rings. The second-order valence-electron chi connectivity index (χ2n) is 8.08. The van der Waals surface area contributed by atoms with Crippen molar-refractivity contribution in [2.75, 3.05) is 5.43 Å². The van der Waals surface area contributed by atoms with E-state index in [0.29, 0.717) is 28.6 Å². The highest BCUT2D eigenvalue weighted by atomic mass is 16.5. The van der Waals surface area contributed by atoms with E-state index in [2.05, 4.69) is 10.4 Å². The van der Waals surface area contributed by atoms with Gasteiger partial charge in [0, 0.05) is 5.92 Å². The Bertz CT molecular complexity index is 1320. The zero-order chi connectivity index (χ0) is 24.1. The molecular formula is C27H27N3O4. The van der Waals surface area contributed by atoms with Crippen LogP contribution in [0.4, 0.5) is 0 Å². The average Bonchev–Trinajstić information content (AvgIpc) is 2.89. The van der Waals surface area contributed by atoms with Crippen LogP contribution in [0.2, 0.25) is 0 Å². The minimum Gasteiger partial charge on any atom is -0.481 e. The molecule has 1 heterocycles. The van der Waals surface area contributed by atoms with E-state index in [4.69, 9.17) is 4.74 Å². The Morgan fingerprint density at radius 3 is 2.29 bits per heavy atom. The fourth-order valence-corrected chi connectivity index (χ4v) is 3.81. The molecule has 4 rings (SSSR count). The normalized spacial score (nSPS) is 13.7. The maximum atomic E-state index is 13.4. The Balaban J connectivity index is 1.72. The van der Waals surface area contributed by atoms with Crippen LogP contribution in [0.1, 0.15) is 43.7 Å². The van der Waals surface area contributed by atoms with Gasteiger partial charge in [-0.3, -0.25) is 15.0 Å². The third-order valence-corrected chi connectivity index (χ3v) is 5.73. The molecule has 2 N–H and O–H groups in total. The number of nitrogens with one attached hydrogen (secondary N) is 1. The minimum absolute atomic E-state index is 0.253. The summed E-state index contributed by atoms with van der Waals surface area (Å²) in [7, 11) is 0. The van der Waals surface area contributed by atoms with Crippen LogP contribution in [0.15, 0.2) is 89.7 Å². The molecule has 1 aromatic heterocycles. The zero-order valence-corrected chi connectivity index (χ0v) is 19.1. The second kappa shape index (κ2) is 10.3. The molecule has 0 saturated carbocycles. The predicted molar refractivity (Wildman–Crippen MR) is 131 cm³/mol. The molecule has 3 unspecified atom stereocenters. The summed E-state index contributed by atoms with van der Waals surface area (Å²) >= 11 is 0. The first kappa shape index (κ1) is 23.2. The number of carbonyl (C=O) groups excluding carboxylic acids is 1. The number of aromatic nitrogens is 2. The van der Waals surface area contributed by atoms with E-state index in [9.17, 15) is 14.7 Å². The van der Waals surface area contributed by atoms with E-state index in [-0.39, 0.29) is 5.82 Å². The lowest BCUT2D eigenvalue weighted by Gasteiger charge is -2.24. The summed E-state index contributed by atoms with van der Waals surface area (Å²) in [6.45, 7) is 3.60. The number of aliphatic hydroxyl groups is 1. The quantitative estimate of drug-likeness (QED) is 0.414. The predicted octanol–water partition coefficient (Wildman–Crippen LogP) is 4.16. The topological polar surface area (TPSA) is 93.4 Å². The highest BCUT2D eigenvalue weighted by Gasteiger charge is 2.27. The number of carbonyl (C=O) groups is 1. The van der Waals surface area contributed by atoms with Crippen molar-refractivity contribution in [1.29, 1.82) is 0 Å². The highest BCUT2D eigenvalue weighted by molar-refractivity contribution is 5.88. The second-order valence-corrected chi connectivity index (χ2v) is 8.08. The zero-order valence-electron chi connectivity index (χ0n) is 19.1. The lowest BCUT2D eigenvalue weighted by molar-refractivity contribution is -0.123. The van der Waals surface area contributed by atoms with Gasteiger partial charge in [-0.15, -0.1) is 0 Å². The van der Waals surface area contributed by atoms with Crippen LogP contribution in [0, 0.1) is 0 Å². The molecule has 34 heavy (non-hydrogen) atoms. The Hall–Kier alpha value is -3.97. The monoisotopic (exact) mass is 457 g/mol. The lowest BCUT2D eigenvalue weighted by Crippen LogP contribution is -2.43. The van der Waals surface area contributed by atoms with E-state index in [1.54, 1.807) is 43.3 Å². The molecule has 0 aliphatic rings. The van der Waals surface area contributed by atoms with Gasteiger partial charge >= 0.3 is 0 Å². The van der Waals surface area contributed by atoms with Crippen LogP contribution in [0.25, 0.3) is 10.9 Å². The van der Waals surface area contributed by atoms with Crippen molar-refractivity contribution in [3.05, 3.63) is 107 Å². The van der Waals surface area contributed by atoms with Crippen LogP contribution in [0.3, 0.4) is 0 Å². The molecule has 7 heteroatoms. The van der Waals surface area contributed by atoms with Gasteiger partial charge in [0.25, 0.3) is 11.5 Å². The van der Waals surface area contributed by atoms with Crippen molar-refractivity contribution in [3.8, 4) is 5.75 Å². The molecule has 0 spiro atoms. The number of hydrogen-bond acceptors (Lipinski definition) is 5. The van der Waals surface area contributed by atoms with Crippen LogP contribution in [0.5, 0.6) is 5.75 Å². The SMILES string of the molecule is CCC(Oc1ccccc1)C(=O)Nn1c(C(C)C(O)c2ccccc2)nc2ccccc2c1=O. The van der Waals surface area contributed by atoms with Gasteiger partial charge in [0.2, 0.25) is 0 Å². The molecular weight excluding hydrogens is 430 g/mol. The van der Waals surface area contributed by atoms with Gasteiger partial charge in [-0.1, -0.05) is 74.5 Å². The van der Waals surface area contributed by atoms with E-state index in [1.165, 1.54) is 0 Å². The third-order valence-electron chi connectivity index (χ3n) is 5.73. The van der Waals surface area contributed by atoms with Crippen molar-refractivity contribution in [2.45, 2.75) is 38.4 Å². The summed E-state index contributed by atoms with van der Waals surface area (Å²) in [6.07, 6.45) is -1.35. The van der Waals surface area contributed by atoms with Gasteiger partial charge in [0.15, 0.2) is 6.10 Å². The maximum Gasteiger partial charge on any atom is 0.280 e. The number of amides is 1. The number of hydrogen-bond donors (Lipinski definition) is 2. The summed E-state index contributed by atoms with van der Waals surface area (Å²) in [5, 5.41) is 11.4. The fourth-order valence-electron chi connectivity index (χ4n) is 3.81. The number of nitrogens with zero attached hydrogens (tertiary/aromatic N) is 2. The number of benzene rings is 3. The van der Waals surface area contributed by atoms with Crippen molar-refractivity contribution >= 4 is 16.8 Å². The molecule has 0 bridgehead atoms. The molecule has 7 nitrogen and oxygen atoms in total. The van der Waals surface area contributed by atoms with Crippen molar-refractivity contribution in [1.82, 2.24) is 9.66 Å². The van der Waals surface area contributed by atoms with Crippen LogP contribution in [-0.4, -0.2) is 26.8 Å². The Labute approximate surface area is 197 Å². The highest BCUT2D eigenvalue weighted by Crippen LogP contribution is 2.29. The van der Waals surface area contributed by atoms with E-state index in [1.807, 2.05) is 55.5 Å². The summed E-state index contributed by atoms with van der Waals surface area (Å²) in [5.41, 5.74) is 3.46. The van der Waals surface area contributed by atoms with Crippen LogP contribution < -0.4 is 15.7 Å². The smallest absolute Gasteiger partial charge is 0.280 e. The standard InChI is InChI=1S/C27H27N3O4/c1-3-23(34-20-14-8-5-9-15-20)26(32)29-30-25(18(2)24(31)19-12-6-4-7-13-19)28-22-17-11-10-16-21(22)27(30)33/h4-18,23-24,31H,3H2,1-2H3,(H,29,32). The van der Waals surface area contributed by atoms with Gasteiger partial charge in [-0.25, -0.2) is 9.66 Å². The van der Waals surface area contributed by atoms with Gasteiger partial charge in [-0.2, -0.15) is 0 Å². The van der Waals surface area contributed by atoms with E-state index >= 15 is 0 Å². The average molecular weight is 458 g/mol. The van der Waals surface area contributed by atoms with Crippen molar-refractivity contribution in [2.24, 2.45) is 0 Å². The maximum absolute atomic E-state index is 13.4. The molecule has 3 atom stereocenters. The van der Waals surface area contributed by atoms with Gasteiger partial charge in [-0.05, 0) is 36.2 Å². The van der Waals surface area contributed by atoms with Crippen molar-refractivity contribution < 1.29 is 14.6 Å². The molecule has 3 aromatic carbocycles. The summed E-state index contributed by atoms with van der Waals surface area (Å²) in [5.74, 6) is -0.257. The first-order valence-electron chi connectivity index (χ1n) is 11.3. The van der Waals surface area contributed by atoms with E-state index in [0.717, 1.165) is 4.68 Å². The summed E-state index contributed by atoms with van der Waals surface area (Å²) < 4.78 is 6.98. The minimum atomic E-state index is -0.931. The van der Waals surface area contributed by atoms with Crippen LogP contribution >= 0.6 is 0 Å². The number of fused-ring (bicyclic) bond motifs is 1. The molecule has 0 aliphatic carbocycles. The Kier molecular flexibility index (Phi) is 7.04. The number of aliphatic hydroxyl groups excluding tert-OH is 1. The summed E-state index contributed by atoms with van der Waals surface area (Å²) in [4.78, 5) is 31.2. The molecule has 0 saturated heterocycles. The number of rotatable bonds is 8. The van der Waals surface area contributed by atoms with Crippen molar-refractivity contribution in [3.63, 3.8) is 0 Å². The lowest BCUT2D eigenvalue weighted by atomic mass is 9.96. The summed E-state index contributed by atoms with van der Waals surface area (Å²) in [6, 6.07) is 25.1. The van der Waals surface area contributed by atoms with Gasteiger partial charge in [0.05, 0.1) is 17.0 Å². The molecule has 0 radical (unpaired) electrons. The van der Waals surface area contributed by atoms with Crippen LogP contribution in [-0.2, 0) is 4.79 Å². The molecule has 1 amide bonds. The number of para-hydroxylation sites is 2. The first-order valence-corrected chi connectivity index (χ1v) is 11.3. The number of ether oxygens (including phenoxy) is 1. The van der Waals surface area contributed by atoms with Gasteiger partial charge in [0.1, 0.15) is 11.6 Å². The third kappa shape index (κ3) is 4.84. The van der Waals surface area contributed by atoms with E-state index < -0.39 is 29.6 Å². The molecule has 174 valence electrons. The largest absolute Gasteiger partial charge is 0.481 e. The van der Waals surface area contributed by atoms with Gasteiger partial charge < -0.3 is 9.84 Å². The molecule has 0 aliphatic heterocycles. The Morgan fingerprint density at radius 1 is 1.00 bits per heavy atom. The first-order chi connectivity index (χ1) is 16.5. The fraction of sp³-hybridized carbons (Fsp3) is 0.222. The Morgan fingerprint density at radius 2 is 1.62 bits per heavy atom.